The van der Waals surface area contributed by atoms with Crippen LogP contribution in [0.25, 0.3) is 0 Å². The zero-order valence-corrected chi connectivity index (χ0v) is 12.3. The fourth-order valence-electron chi connectivity index (χ4n) is 1.46. The molecule has 0 saturated carbocycles. The predicted octanol–water partition coefficient (Wildman–Crippen LogP) is 4.00. The maximum absolute atomic E-state index is 6.05. The van der Waals surface area contributed by atoms with E-state index in [1.165, 1.54) is 0 Å². The summed E-state index contributed by atoms with van der Waals surface area (Å²) in [7, 11) is 1.72. The SMILES string of the molecule is CNc1nc(Oc2cnn(C(C)C)c2)c(Cl)cc1Cl. The highest BCUT2D eigenvalue weighted by Gasteiger charge is 2.12. The van der Waals surface area contributed by atoms with Gasteiger partial charge in [0.1, 0.15) is 10.8 Å². The fraction of sp³-hybridized carbons (Fsp3) is 0.333. The van der Waals surface area contributed by atoms with Crippen molar-refractivity contribution in [3.63, 3.8) is 0 Å². The molecule has 2 aromatic heterocycles. The Morgan fingerprint density at radius 1 is 1.32 bits per heavy atom. The van der Waals surface area contributed by atoms with Crippen LogP contribution in [0, 0.1) is 0 Å². The molecule has 102 valence electrons. The molecule has 0 saturated heterocycles. The Labute approximate surface area is 121 Å². The standard InChI is InChI=1S/C12H14Cl2N4O/c1-7(2)18-6-8(5-16-18)19-12-10(14)4-9(13)11(15-3)17-12/h4-7H,1-3H3,(H,15,17). The molecular weight excluding hydrogens is 287 g/mol. The maximum Gasteiger partial charge on any atom is 0.240 e. The smallest absolute Gasteiger partial charge is 0.240 e. The third kappa shape index (κ3) is 3.11. The van der Waals surface area contributed by atoms with Crippen molar-refractivity contribution in [2.75, 3.05) is 12.4 Å². The van der Waals surface area contributed by atoms with Crippen molar-refractivity contribution in [1.29, 1.82) is 0 Å². The molecule has 2 rings (SSSR count). The minimum atomic E-state index is 0.263. The molecule has 0 aliphatic rings. The summed E-state index contributed by atoms with van der Waals surface area (Å²) in [5.74, 6) is 1.38. The van der Waals surface area contributed by atoms with Gasteiger partial charge in [0.2, 0.25) is 5.88 Å². The number of pyridine rings is 1. The number of aromatic nitrogens is 3. The van der Waals surface area contributed by atoms with E-state index in [9.17, 15) is 0 Å². The molecule has 19 heavy (non-hydrogen) atoms. The minimum Gasteiger partial charge on any atom is -0.434 e. The van der Waals surface area contributed by atoms with E-state index in [0.29, 0.717) is 27.5 Å². The van der Waals surface area contributed by atoms with Gasteiger partial charge in [-0.2, -0.15) is 10.1 Å². The molecule has 0 unspecified atom stereocenters. The van der Waals surface area contributed by atoms with Crippen LogP contribution in [0.1, 0.15) is 19.9 Å². The van der Waals surface area contributed by atoms with E-state index in [4.69, 9.17) is 27.9 Å². The van der Waals surface area contributed by atoms with Crippen molar-refractivity contribution >= 4 is 29.0 Å². The number of ether oxygens (including phenoxy) is 1. The summed E-state index contributed by atoms with van der Waals surface area (Å²) in [6, 6.07) is 1.85. The van der Waals surface area contributed by atoms with Gasteiger partial charge >= 0.3 is 0 Å². The van der Waals surface area contributed by atoms with Gasteiger partial charge in [-0.25, -0.2) is 0 Å². The molecule has 0 spiro atoms. The number of nitrogens with zero attached hydrogens (tertiary/aromatic N) is 3. The van der Waals surface area contributed by atoms with E-state index < -0.39 is 0 Å². The third-order valence-corrected chi connectivity index (χ3v) is 3.01. The molecule has 0 aromatic carbocycles. The van der Waals surface area contributed by atoms with Crippen LogP contribution in [-0.2, 0) is 0 Å². The van der Waals surface area contributed by atoms with Crippen LogP contribution in [-0.4, -0.2) is 21.8 Å². The first-order chi connectivity index (χ1) is 9.01. The summed E-state index contributed by atoms with van der Waals surface area (Å²) in [5, 5.41) is 7.84. The molecular formula is C12H14Cl2N4O. The Balaban J connectivity index is 2.27. The van der Waals surface area contributed by atoms with Crippen molar-refractivity contribution in [2.45, 2.75) is 19.9 Å². The van der Waals surface area contributed by atoms with Gasteiger partial charge in [-0.1, -0.05) is 23.2 Å². The Kier molecular flexibility index (Phi) is 4.17. The zero-order valence-electron chi connectivity index (χ0n) is 10.8. The highest BCUT2D eigenvalue weighted by Crippen LogP contribution is 2.33. The predicted molar refractivity (Wildman–Crippen MR) is 76.5 cm³/mol. The Bertz CT molecular complexity index is 583. The molecule has 7 heteroatoms. The van der Waals surface area contributed by atoms with Gasteiger partial charge in [0.15, 0.2) is 5.75 Å². The van der Waals surface area contributed by atoms with E-state index in [1.807, 2.05) is 13.8 Å². The van der Waals surface area contributed by atoms with E-state index in [2.05, 4.69) is 15.4 Å². The lowest BCUT2D eigenvalue weighted by atomic mass is 10.4. The molecule has 0 aliphatic carbocycles. The van der Waals surface area contributed by atoms with Gasteiger partial charge < -0.3 is 10.1 Å². The second-order valence-corrected chi connectivity index (χ2v) is 5.02. The largest absolute Gasteiger partial charge is 0.434 e. The van der Waals surface area contributed by atoms with Crippen LogP contribution < -0.4 is 10.1 Å². The van der Waals surface area contributed by atoms with E-state index in [-0.39, 0.29) is 6.04 Å². The number of nitrogens with one attached hydrogen (secondary N) is 1. The van der Waals surface area contributed by atoms with E-state index in [1.54, 1.807) is 30.2 Å². The monoisotopic (exact) mass is 300 g/mol. The van der Waals surface area contributed by atoms with Gasteiger partial charge in [0.05, 0.1) is 17.4 Å². The first-order valence-electron chi connectivity index (χ1n) is 5.77. The molecule has 1 N–H and O–H groups in total. The fourth-order valence-corrected chi connectivity index (χ4v) is 1.96. The number of rotatable bonds is 4. The first-order valence-corrected chi connectivity index (χ1v) is 6.52. The van der Waals surface area contributed by atoms with Crippen LogP contribution in [0.4, 0.5) is 5.82 Å². The molecule has 0 fully saturated rings. The van der Waals surface area contributed by atoms with Gasteiger partial charge in [-0.05, 0) is 19.9 Å². The summed E-state index contributed by atoms with van der Waals surface area (Å²) >= 11 is 12.0. The second kappa shape index (κ2) is 5.67. The van der Waals surface area contributed by atoms with Gasteiger partial charge in [0.25, 0.3) is 0 Å². The highest BCUT2D eigenvalue weighted by atomic mass is 35.5. The quantitative estimate of drug-likeness (QED) is 0.927. The minimum absolute atomic E-state index is 0.263. The van der Waals surface area contributed by atoms with Crippen molar-refractivity contribution in [3.05, 3.63) is 28.5 Å². The van der Waals surface area contributed by atoms with Gasteiger partial charge in [-0.15, -0.1) is 0 Å². The highest BCUT2D eigenvalue weighted by molar-refractivity contribution is 6.36. The third-order valence-electron chi connectivity index (χ3n) is 2.46. The van der Waals surface area contributed by atoms with Crippen LogP contribution >= 0.6 is 23.2 Å². The second-order valence-electron chi connectivity index (χ2n) is 4.21. The summed E-state index contributed by atoms with van der Waals surface area (Å²) in [5.41, 5.74) is 0. The average molecular weight is 301 g/mol. The molecule has 0 amide bonds. The summed E-state index contributed by atoms with van der Waals surface area (Å²) in [4.78, 5) is 4.21. The summed E-state index contributed by atoms with van der Waals surface area (Å²) in [6.07, 6.45) is 3.40. The van der Waals surface area contributed by atoms with Crippen LogP contribution in [0.15, 0.2) is 18.5 Å². The first kappa shape index (κ1) is 14.0. The van der Waals surface area contributed by atoms with Crippen molar-refractivity contribution in [3.8, 4) is 11.6 Å². The van der Waals surface area contributed by atoms with E-state index >= 15 is 0 Å². The van der Waals surface area contributed by atoms with E-state index in [0.717, 1.165) is 0 Å². The molecule has 2 aromatic rings. The number of halogens is 2. The van der Waals surface area contributed by atoms with Crippen molar-refractivity contribution in [2.24, 2.45) is 0 Å². The Hall–Kier alpha value is -1.46. The zero-order chi connectivity index (χ0) is 14.0. The topological polar surface area (TPSA) is 52.0 Å². The molecule has 0 radical (unpaired) electrons. The lowest BCUT2D eigenvalue weighted by Gasteiger charge is -2.08. The normalized spacial score (nSPS) is 10.8. The average Bonchev–Trinajstić information content (AvgIpc) is 2.81. The summed E-state index contributed by atoms with van der Waals surface area (Å²) < 4.78 is 7.40. The Morgan fingerprint density at radius 2 is 2.05 bits per heavy atom. The van der Waals surface area contributed by atoms with Gasteiger partial charge in [-0.3, -0.25) is 4.68 Å². The van der Waals surface area contributed by atoms with Gasteiger partial charge in [0, 0.05) is 13.1 Å². The van der Waals surface area contributed by atoms with Crippen LogP contribution in [0.5, 0.6) is 11.6 Å². The Morgan fingerprint density at radius 3 is 2.63 bits per heavy atom. The maximum atomic E-state index is 6.05. The summed E-state index contributed by atoms with van der Waals surface area (Å²) in [6.45, 7) is 4.06. The van der Waals surface area contributed by atoms with Crippen LogP contribution in [0.3, 0.4) is 0 Å². The molecule has 0 atom stereocenters. The number of hydrogen-bond acceptors (Lipinski definition) is 4. The number of anilines is 1. The van der Waals surface area contributed by atoms with Crippen molar-refractivity contribution in [1.82, 2.24) is 14.8 Å². The lowest BCUT2D eigenvalue weighted by molar-refractivity contribution is 0.460. The molecule has 0 aliphatic heterocycles. The van der Waals surface area contributed by atoms with Crippen molar-refractivity contribution < 1.29 is 4.74 Å². The van der Waals surface area contributed by atoms with Crippen LogP contribution in [0.2, 0.25) is 10.0 Å². The lowest BCUT2D eigenvalue weighted by Crippen LogP contribution is -2.00. The number of hydrogen-bond donors (Lipinski definition) is 1. The molecule has 5 nitrogen and oxygen atoms in total. The molecule has 2 heterocycles. The molecule has 0 bridgehead atoms.